The Bertz CT molecular complexity index is 935. The van der Waals surface area contributed by atoms with E-state index in [9.17, 15) is 13.2 Å². The van der Waals surface area contributed by atoms with E-state index in [-0.39, 0.29) is 11.5 Å². The minimum Gasteiger partial charge on any atom is -0.465 e. The Kier molecular flexibility index (Phi) is 5.14. The lowest BCUT2D eigenvalue weighted by molar-refractivity contribution is -0.145. The van der Waals surface area contributed by atoms with Gasteiger partial charge in [0.1, 0.15) is 10.8 Å². The molecule has 2 aromatic rings. The Morgan fingerprint density at radius 1 is 1.07 bits per heavy atom. The van der Waals surface area contributed by atoms with Crippen molar-refractivity contribution in [3.8, 4) is 0 Å². The fourth-order valence-corrected chi connectivity index (χ4v) is 5.82. The third kappa shape index (κ3) is 3.28. The molecule has 1 saturated carbocycles. The Labute approximate surface area is 160 Å². The van der Waals surface area contributed by atoms with E-state index in [1.165, 1.54) is 0 Å². The Morgan fingerprint density at radius 3 is 2.19 bits per heavy atom. The molecule has 6 heteroatoms. The number of benzene rings is 2. The van der Waals surface area contributed by atoms with Gasteiger partial charge in [0.2, 0.25) is 0 Å². The van der Waals surface area contributed by atoms with E-state index in [4.69, 9.17) is 10.5 Å². The van der Waals surface area contributed by atoms with Crippen molar-refractivity contribution >= 4 is 15.8 Å². The molecule has 0 aromatic heterocycles. The molecule has 0 heterocycles. The van der Waals surface area contributed by atoms with Crippen LogP contribution in [0.4, 0.5) is 0 Å². The van der Waals surface area contributed by atoms with Gasteiger partial charge >= 0.3 is 5.97 Å². The van der Waals surface area contributed by atoms with Crippen LogP contribution in [-0.4, -0.2) is 31.8 Å². The molecule has 1 aliphatic rings. The molecular weight excluding hydrogens is 362 g/mol. The highest BCUT2D eigenvalue weighted by atomic mass is 32.2. The van der Waals surface area contributed by atoms with Crippen LogP contribution in [0.2, 0.25) is 0 Å². The fourth-order valence-electron chi connectivity index (χ4n) is 3.60. The number of carbonyl (C=O) groups excluding carboxylic acids is 1. The van der Waals surface area contributed by atoms with E-state index < -0.39 is 32.5 Å². The number of hydrogen-bond donors (Lipinski definition) is 1. The molecule has 2 N–H and O–H groups in total. The van der Waals surface area contributed by atoms with Gasteiger partial charge in [0, 0.05) is 5.92 Å². The highest BCUT2D eigenvalue weighted by Crippen LogP contribution is 2.56. The second-order valence-corrected chi connectivity index (χ2v) is 9.07. The minimum atomic E-state index is -3.79. The van der Waals surface area contributed by atoms with Crippen molar-refractivity contribution in [2.75, 3.05) is 6.61 Å². The highest BCUT2D eigenvalue weighted by Gasteiger charge is 2.74. The zero-order chi connectivity index (χ0) is 19.8. The molecule has 0 radical (unpaired) electrons. The number of carbonyl (C=O) groups is 1. The predicted molar refractivity (Wildman–Crippen MR) is 104 cm³/mol. The molecule has 144 valence electrons. The molecule has 3 atom stereocenters. The molecule has 1 fully saturated rings. The Balaban J connectivity index is 2.04. The van der Waals surface area contributed by atoms with Gasteiger partial charge in [-0.05, 0) is 43.5 Å². The Hall–Kier alpha value is -2.18. The molecule has 0 unspecified atom stereocenters. The van der Waals surface area contributed by atoms with Crippen LogP contribution in [0, 0.1) is 6.92 Å². The zero-order valence-electron chi connectivity index (χ0n) is 15.8. The molecule has 0 saturated heterocycles. The lowest BCUT2D eigenvalue weighted by Crippen LogP contribution is -2.41. The van der Waals surface area contributed by atoms with E-state index in [1.807, 2.05) is 38.1 Å². The number of aryl methyl sites for hydroxylation is 2. The molecule has 5 nitrogen and oxygen atoms in total. The fraction of sp³-hybridized carbons (Fsp3) is 0.381. The summed E-state index contributed by atoms with van der Waals surface area (Å²) >= 11 is 0. The second kappa shape index (κ2) is 7.09. The van der Waals surface area contributed by atoms with Crippen LogP contribution >= 0.6 is 0 Å². The van der Waals surface area contributed by atoms with Crippen molar-refractivity contribution in [1.82, 2.24) is 0 Å². The van der Waals surface area contributed by atoms with E-state index >= 15 is 0 Å². The molecule has 1 aliphatic carbocycles. The van der Waals surface area contributed by atoms with Gasteiger partial charge in [-0.15, -0.1) is 0 Å². The molecular formula is C21H25NO4S. The highest BCUT2D eigenvalue weighted by molar-refractivity contribution is 7.92. The van der Waals surface area contributed by atoms with Gasteiger partial charge in [-0.25, -0.2) is 13.2 Å². The monoisotopic (exact) mass is 387 g/mol. The number of esters is 1. The summed E-state index contributed by atoms with van der Waals surface area (Å²) in [5, 5.41) is -1.04. The lowest BCUT2D eigenvalue weighted by Gasteiger charge is -2.11. The van der Waals surface area contributed by atoms with E-state index in [2.05, 4.69) is 0 Å². The van der Waals surface area contributed by atoms with E-state index in [1.54, 1.807) is 31.2 Å². The molecule has 0 aliphatic heterocycles. The van der Waals surface area contributed by atoms with Gasteiger partial charge in [-0.2, -0.15) is 0 Å². The van der Waals surface area contributed by atoms with Crippen LogP contribution in [0.15, 0.2) is 53.4 Å². The maximum absolute atomic E-state index is 13.2. The van der Waals surface area contributed by atoms with Crippen LogP contribution in [0.5, 0.6) is 0 Å². The first-order valence-corrected chi connectivity index (χ1v) is 10.7. The first kappa shape index (κ1) is 19.6. The standard InChI is InChI=1S/C21H25NO4S/c1-4-15-8-10-16(11-9-15)18-19(21(18,22)20(23)26-5-2)27(24,25)17-12-6-14(3)7-13-17/h6-13,18-19H,4-5,22H2,1-3H3/t18-,19-,21+/m1/s1. The first-order valence-electron chi connectivity index (χ1n) is 9.12. The first-order chi connectivity index (χ1) is 12.8. The van der Waals surface area contributed by atoms with Crippen molar-refractivity contribution in [2.24, 2.45) is 5.73 Å². The summed E-state index contributed by atoms with van der Waals surface area (Å²) in [7, 11) is -3.79. The summed E-state index contributed by atoms with van der Waals surface area (Å²) in [5.41, 5.74) is 7.62. The summed E-state index contributed by atoms with van der Waals surface area (Å²) in [5.74, 6) is -1.30. The quantitative estimate of drug-likeness (QED) is 0.770. The van der Waals surface area contributed by atoms with Crippen LogP contribution in [0.25, 0.3) is 0 Å². The van der Waals surface area contributed by atoms with Gasteiger partial charge in [-0.1, -0.05) is 48.9 Å². The normalized spacial score (nSPS) is 24.4. The summed E-state index contributed by atoms with van der Waals surface area (Å²) in [6.07, 6.45) is 0.877. The summed E-state index contributed by atoms with van der Waals surface area (Å²) in [4.78, 5) is 12.7. The van der Waals surface area contributed by atoms with Crippen LogP contribution in [-0.2, 0) is 25.8 Å². The van der Waals surface area contributed by atoms with Crippen molar-refractivity contribution in [3.05, 3.63) is 65.2 Å². The van der Waals surface area contributed by atoms with Crippen LogP contribution in [0.1, 0.15) is 36.5 Å². The maximum Gasteiger partial charge on any atom is 0.328 e. The third-order valence-corrected chi connectivity index (χ3v) is 7.50. The van der Waals surface area contributed by atoms with E-state index in [0.717, 1.165) is 23.1 Å². The van der Waals surface area contributed by atoms with Gasteiger partial charge < -0.3 is 10.5 Å². The second-order valence-electron chi connectivity index (χ2n) is 7.00. The summed E-state index contributed by atoms with van der Waals surface area (Å²) in [6.45, 7) is 5.76. The smallest absolute Gasteiger partial charge is 0.328 e. The van der Waals surface area contributed by atoms with Gasteiger partial charge in [-0.3, -0.25) is 0 Å². The Morgan fingerprint density at radius 2 is 1.67 bits per heavy atom. The van der Waals surface area contributed by atoms with Crippen molar-refractivity contribution < 1.29 is 17.9 Å². The SMILES string of the molecule is CCOC(=O)[C@]1(N)[C@H](c2ccc(CC)cc2)[C@H]1S(=O)(=O)c1ccc(C)cc1. The van der Waals surface area contributed by atoms with Gasteiger partial charge in [0.05, 0.1) is 11.5 Å². The molecule has 3 rings (SSSR count). The number of hydrogen-bond acceptors (Lipinski definition) is 5. The minimum absolute atomic E-state index is 0.149. The number of sulfone groups is 1. The lowest BCUT2D eigenvalue weighted by atomic mass is 10.0. The van der Waals surface area contributed by atoms with Crippen LogP contribution in [0.3, 0.4) is 0 Å². The van der Waals surface area contributed by atoms with E-state index in [0.29, 0.717) is 0 Å². The van der Waals surface area contributed by atoms with Crippen molar-refractivity contribution in [2.45, 2.75) is 48.8 Å². The molecule has 0 amide bonds. The maximum atomic E-state index is 13.2. The molecule has 0 bridgehead atoms. The molecule has 2 aromatic carbocycles. The molecule has 0 spiro atoms. The van der Waals surface area contributed by atoms with Crippen LogP contribution < -0.4 is 5.73 Å². The number of ether oxygens (including phenoxy) is 1. The molecule has 27 heavy (non-hydrogen) atoms. The summed E-state index contributed by atoms with van der Waals surface area (Å²) < 4.78 is 31.6. The van der Waals surface area contributed by atoms with Crippen molar-refractivity contribution in [1.29, 1.82) is 0 Å². The number of nitrogens with two attached hydrogens (primary N) is 1. The topological polar surface area (TPSA) is 86.5 Å². The summed E-state index contributed by atoms with van der Waals surface area (Å²) in [6, 6.07) is 14.2. The average Bonchev–Trinajstić information content (AvgIpc) is 3.31. The predicted octanol–water partition coefficient (Wildman–Crippen LogP) is 2.76. The average molecular weight is 388 g/mol. The van der Waals surface area contributed by atoms with Gasteiger partial charge in [0.15, 0.2) is 9.84 Å². The number of rotatable bonds is 6. The third-order valence-electron chi connectivity index (χ3n) is 5.24. The largest absolute Gasteiger partial charge is 0.465 e. The zero-order valence-corrected chi connectivity index (χ0v) is 16.6. The van der Waals surface area contributed by atoms with Gasteiger partial charge in [0.25, 0.3) is 0 Å². The van der Waals surface area contributed by atoms with Crippen molar-refractivity contribution in [3.63, 3.8) is 0 Å².